The molecule has 0 bridgehead atoms. The highest BCUT2D eigenvalue weighted by molar-refractivity contribution is 6.30. The summed E-state index contributed by atoms with van der Waals surface area (Å²) < 4.78 is 17.8. The third kappa shape index (κ3) is 12.1. The Balaban J connectivity index is 1.04. The molecule has 4 rings (SSSR count). The van der Waals surface area contributed by atoms with Gasteiger partial charge in [0, 0.05) is 14.1 Å². The minimum atomic E-state index is -0.638. The van der Waals surface area contributed by atoms with Crippen LogP contribution in [-0.4, -0.2) is 61.6 Å². The Morgan fingerprint density at radius 2 is 0.820 bits per heavy atom. The van der Waals surface area contributed by atoms with Crippen LogP contribution in [0, 0.1) is 0 Å². The number of ether oxygens (including phenoxy) is 3. The lowest BCUT2D eigenvalue weighted by atomic mass is 10.1. The van der Waals surface area contributed by atoms with Crippen LogP contribution in [-0.2, 0) is 9.59 Å². The molecular weight excluding hydrogens is 628 g/mol. The fourth-order valence-electron chi connectivity index (χ4n) is 5.83. The van der Waals surface area contributed by atoms with Crippen LogP contribution in [0.3, 0.4) is 0 Å². The summed E-state index contributed by atoms with van der Waals surface area (Å²) in [5.41, 5.74) is 2.95. The number of carbonyl (C=O) groups excluding carboxylic acids is 3. The monoisotopic (exact) mass is 682 g/mol. The summed E-state index contributed by atoms with van der Waals surface area (Å²) in [6.45, 7) is 4.32. The van der Waals surface area contributed by atoms with Crippen molar-refractivity contribution in [2.24, 2.45) is 0 Å². The van der Waals surface area contributed by atoms with Gasteiger partial charge in [0.05, 0.1) is 19.8 Å². The number of benzene rings is 3. The Labute approximate surface area is 298 Å². The number of nitrogens with zero attached hydrogens (tertiary/aromatic N) is 2. The second kappa shape index (κ2) is 20.8. The topological polar surface area (TPSA) is 85.4 Å². The number of unbranched alkanes of at least 4 members (excludes halogenated alkanes) is 11. The van der Waals surface area contributed by atoms with Gasteiger partial charge in [0.1, 0.15) is 22.8 Å². The van der Waals surface area contributed by atoms with Crippen LogP contribution in [0.15, 0.2) is 78.4 Å². The Morgan fingerprint density at radius 1 is 0.480 bits per heavy atom. The fourth-order valence-corrected chi connectivity index (χ4v) is 5.83. The Hall–Kier alpha value is -4.59. The fraction of sp³-hybridized carbons (Fsp3) is 0.452. The predicted molar refractivity (Wildman–Crippen MR) is 199 cm³/mol. The van der Waals surface area contributed by atoms with Crippen LogP contribution >= 0.6 is 0 Å². The average Bonchev–Trinajstić information content (AvgIpc) is 3.14. The number of rotatable bonds is 22. The molecule has 0 saturated carbocycles. The number of urea groups is 1. The molecule has 1 fully saturated rings. The Kier molecular flexibility index (Phi) is 15.9. The summed E-state index contributed by atoms with van der Waals surface area (Å²) in [5, 5.41) is 0. The molecule has 3 aromatic carbocycles. The highest BCUT2D eigenvalue weighted by Crippen LogP contribution is 2.25. The molecule has 3 aromatic rings. The van der Waals surface area contributed by atoms with Crippen LogP contribution in [0.1, 0.15) is 96.0 Å². The summed E-state index contributed by atoms with van der Waals surface area (Å²) in [5.74, 6) is 1.31. The lowest BCUT2D eigenvalue weighted by molar-refractivity contribution is -0.134. The summed E-state index contributed by atoms with van der Waals surface area (Å²) in [4.78, 5) is 38.6. The van der Waals surface area contributed by atoms with E-state index in [2.05, 4.69) is 43.3 Å². The zero-order valence-electron chi connectivity index (χ0n) is 30.2. The SMILES string of the molecule is CCCCCCCCCCCOc1ccc(-c2ccc(OCCCCCCOc3ccc(C=C4C(=O)N(C)C(=O)N(C)C4=O)cc3)cc2)cc1. The van der Waals surface area contributed by atoms with Gasteiger partial charge in [0.2, 0.25) is 0 Å². The van der Waals surface area contributed by atoms with Gasteiger partial charge < -0.3 is 14.2 Å². The highest BCUT2D eigenvalue weighted by Gasteiger charge is 2.37. The van der Waals surface area contributed by atoms with Gasteiger partial charge in [-0.2, -0.15) is 0 Å². The molecule has 0 radical (unpaired) electrons. The van der Waals surface area contributed by atoms with E-state index in [4.69, 9.17) is 14.2 Å². The molecule has 1 heterocycles. The largest absolute Gasteiger partial charge is 0.494 e. The molecule has 4 amide bonds. The molecule has 1 aliphatic rings. The van der Waals surface area contributed by atoms with Crippen molar-refractivity contribution >= 4 is 23.9 Å². The van der Waals surface area contributed by atoms with Crippen LogP contribution in [0.2, 0.25) is 0 Å². The first-order valence-electron chi connectivity index (χ1n) is 18.4. The van der Waals surface area contributed by atoms with Crippen LogP contribution in [0.4, 0.5) is 4.79 Å². The molecule has 0 aliphatic carbocycles. The van der Waals surface area contributed by atoms with E-state index < -0.39 is 17.8 Å². The minimum absolute atomic E-state index is 0.0459. The average molecular weight is 683 g/mol. The van der Waals surface area contributed by atoms with Gasteiger partial charge in [-0.25, -0.2) is 4.79 Å². The van der Waals surface area contributed by atoms with Crippen molar-refractivity contribution in [2.45, 2.75) is 90.4 Å². The van der Waals surface area contributed by atoms with Gasteiger partial charge in [-0.3, -0.25) is 19.4 Å². The van der Waals surface area contributed by atoms with Crippen molar-refractivity contribution in [1.29, 1.82) is 0 Å². The first kappa shape index (κ1) is 38.2. The standard InChI is InChI=1S/C42H54N2O6/c1-4-5-6-7-8-9-10-11-14-29-49-37-25-19-34(20-26-37)35-21-27-38(28-22-35)50-31-16-13-12-15-30-48-36-23-17-33(18-24-36)32-39-40(45)43(2)42(47)44(3)41(39)46/h17-28,32H,4-16,29-31H2,1-3H3. The molecular formula is C42H54N2O6. The zero-order valence-corrected chi connectivity index (χ0v) is 30.2. The molecule has 8 nitrogen and oxygen atoms in total. The Bertz CT molecular complexity index is 1490. The Morgan fingerprint density at radius 3 is 1.20 bits per heavy atom. The maximum Gasteiger partial charge on any atom is 0.333 e. The number of imide groups is 2. The smallest absolute Gasteiger partial charge is 0.333 e. The summed E-state index contributed by atoms with van der Waals surface area (Å²) >= 11 is 0. The molecule has 8 heteroatoms. The summed E-state index contributed by atoms with van der Waals surface area (Å²) in [7, 11) is 2.72. The second-order valence-electron chi connectivity index (χ2n) is 13.0. The van der Waals surface area contributed by atoms with Crippen LogP contribution in [0.25, 0.3) is 17.2 Å². The number of barbiturate groups is 1. The molecule has 0 aromatic heterocycles. The first-order chi connectivity index (χ1) is 24.4. The second-order valence-corrected chi connectivity index (χ2v) is 13.0. The van der Waals surface area contributed by atoms with E-state index in [9.17, 15) is 14.4 Å². The summed E-state index contributed by atoms with van der Waals surface area (Å²) in [6, 6.07) is 23.2. The molecule has 1 aliphatic heterocycles. The third-order valence-electron chi connectivity index (χ3n) is 8.97. The zero-order chi connectivity index (χ0) is 35.6. The van der Waals surface area contributed by atoms with Crippen molar-refractivity contribution in [2.75, 3.05) is 33.9 Å². The van der Waals surface area contributed by atoms with Crippen LogP contribution < -0.4 is 14.2 Å². The maximum absolute atomic E-state index is 12.4. The van der Waals surface area contributed by atoms with Gasteiger partial charge >= 0.3 is 6.03 Å². The molecule has 0 atom stereocenters. The normalized spacial score (nSPS) is 13.2. The maximum atomic E-state index is 12.4. The lowest BCUT2D eigenvalue weighted by Gasteiger charge is -2.28. The predicted octanol–water partition coefficient (Wildman–Crippen LogP) is 9.72. The lowest BCUT2D eigenvalue weighted by Crippen LogP contribution is -2.52. The molecule has 0 spiro atoms. The first-order valence-corrected chi connectivity index (χ1v) is 18.4. The van der Waals surface area contributed by atoms with Gasteiger partial charge in [-0.1, -0.05) is 94.7 Å². The van der Waals surface area contributed by atoms with Gasteiger partial charge in [-0.05, 0) is 91.3 Å². The molecule has 0 unspecified atom stereocenters. The third-order valence-corrected chi connectivity index (χ3v) is 8.97. The highest BCUT2D eigenvalue weighted by atomic mass is 16.5. The van der Waals surface area contributed by atoms with E-state index >= 15 is 0 Å². The number of hydrogen-bond acceptors (Lipinski definition) is 6. The summed E-state index contributed by atoms with van der Waals surface area (Å²) in [6.07, 6.45) is 17.3. The van der Waals surface area contributed by atoms with Crippen molar-refractivity contribution in [3.8, 4) is 28.4 Å². The van der Waals surface area contributed by atoms with Crippen LogP contribution in [0.5, 0.6) is 17.2 Å². The quantitative estimate of drug-likeness (QED) is 0.0596. The molecule has 0 N–H and O–H groups in total. The van der Waals surface area contributed by atoms with Crippen molar-refractivity contribution < 1.29 is 28.6 Å². The number of hydrogen-bond donors (Lipinski definition) is 0. The van der Waals surface area contributed by atoms with E-state index in [-0.39, 0.29) is 5.57 Å². The van der Waals surface area contributed by atoms with E-state index in [1.165, 1.54) is 71.5 Å². The van der Waals surface area contributed by atoms with E-state index in [1.807, 2.05) is 24.3 Å². The van der Waals surface area contributed by atoms with Crippen molar-refractivity contribution in [3.63, 3.8) is 0 Å². The van der Waals surface area contributed by atoms with Crippen molar-refractivity contribution in [3.05, 3.63) is 83.9 Å². The van der Waals surface area contributed by atoms with E-state index in [0.29, 0.717) is 18.8 Å². The van der Waals surface area contributed by atoms with Gasteiger partial charge in [0.15, 0.2) is 0 Å². The van der Waals surface area contributed by atoms with Crippen molar-refractivity contribution in [1.82, 2.24) is 9.80 Å². The molecule has 50 heavy (non-hydrogen) atoms. The van der Waals surface area contributed by atoms with Gasteiger partial charge in [0.25, 0.3) is 11.8 Å². The van der Waals surface area contributed by atoms with E-state index in [0.717, 1.165) is 76.9 Å². The van der Waals surface area contributed by atoms with Gasteiger partial charge in [-0.15, -0.1) is 0 Å². The number of amides is 4. The van der Waals surface area contributed by atoms with E-state index in [1.54, 1.807) is 12.1 Å². The number of likely N-dealkylation sites (N-methyl/N-ethyl adjacent to an activating group) is 2. The molecule has 268 valence electrons. The molecule has 1 saturated heterocycles. The number of carbonyl (C=O) groups is 3. The minimum Gasteiger partial charge on any atom is -0.494 e.